The summed E-state index contributed by atoms with van der Waals surface area (Å²) in [6.45, 7) is 4.43. The van der Waals surface area contributed by atoms with E-state index in [2.05, 4.69) is 15.1 Å². The summed E-state index contributed by atoms with van der Waals surface area (Å²) >= 11 is 1.60. The summed E-state index contributed by atoms with van der Waals surface area (Å²) in [5.41, 5.74) is 1.96. The van der Waals surface area contributed by atoms with Gasteiger partial charge in [-0.05, 0) is 75.0 Å². The SMILES string of the molecule is CSc1ccc(-c2ccc(OCCCN3CCCC3)cc2)nn1. The van der Waals surface area contributed by atoms with Gasteiger partial charge in [0.2, 0.25) is 0 Å². The fourth-order valence-electron chi connectivity index (χ4n) is 2.79. The zero-order valence-corrected chi connectivity index (χ0v) is 14.4. The monoisotopic (exact) mass is 329 g/mol. The summed E-state index contributed by atoms with van der Waals surface area (Å²) in [5.74, 6) is 0.920. The number of benzene rings is 1. The van der Waals surface area contributed by atoms with Crippen LogP contribution in [-0.4, -0.2) is 47.6 Å². The molecule has 4 nitrogen and oxygen atoms in total. The molecule has 0 amide bonds. The molecule has 0 N–H and O–H groups in total. The third kappa shape index (κ3) is 4.69. The lowest BCUT2D eigenvalue weighted by molar-refractivity contribution is 0.263. The summed E-state index contributed by atoms with van der Waals surface area (Å²) in [6.07, 6.45) is 5.79. The van der Waals surface area contributed by atoms with Crippen LogP contribution in [0.2, 0.25) is 0 Å². The van der Waals surface area contributed by atoms with Gasteiger partial charge < -0.3 is 9.64 Å². The average Bonchev–Trinajstić information content (AvgIpc) is 3.13. The minimum atomic E-state index is 0.776. The van der Waals surface area contributed by atoms with Crippen molar-refractivity contribution in [3.05, 3.63) is 36.4 Å². The van der Waals surface area contributed by atoms with Crippen molar-refractivity contribution in [2.45, 2.75) is 24.3 Å². The maximum absolute atomic E-state index is 5.83. The third-order valence-electron chi connectivity index (χ3n) is 4.09. The lowest BCUT2D eigenvalue weighted by Gasteiger charge is -2.14. The molecule has 2 aromatic rings. The van der Waals surface area contributed by atoms with Crippen molar-refractivity contribution in [3.8, 4) is 17.0 Å². The molecule has 0 unspecified atom stereocenters. The average molecular weight is 329 g/mol. The van der Waals surface area contributed by atoms with Crippen LogP contribution in [0.25, 0.3) is 11.3 Å². The Kier molecular flexibility index (Phi) is 5.88. The molecule has 1 aromatic heterocycles. The molecule has 0 spiro atoms. The minimum Gasteiger partial charge on any atom is -0.494 e. The van der Waals surface area contributed by atoms with E-state index in [1.807, 2.05) is 42.7 Å². The molecule has 5 heteroatoms. The molecule has 1 aromatic carbocycles. The molecule has 122 valence electrons. The molecular weight excluding hydrogens is 306 g/mol. The quantitative estimate of drug-likeness (QED) is 0.571. The van der Waals surface area contributed by atoms with Gasteiger partial charge in [-0.1, -0.05) is 0 Å². The first kappa shape index (κ1) is 16.3. The molecule has 1 aliphatic rings. The van der Waals surface area contributed by atoms with Gasteiger partial charge in [0.15, 0.2) is 0 Å². The minimum absolute atomic E-state index is 0.776. The number of thioether (sulfide) groups is 1. The Balaban J connectivity index is 1.48. The van der Waals surface area contributed by atoms with Crippen LogP contribution < -0.4 is 4.74 Å². The largest absolute Gasteiger partial charge is 0.494 e. The first-order chi connectivity index (χ1) is 11.3. The van der Waals surface area contributed by atoms with Crippen LogP contribution >= 0.6 is 11.8 Å². The van der Waals surface area contributed by atoms with Crippen molar-refractivity contribution in [3.63, 3.8) is 0 Å². The van der Waals surface area contributed by atoms with Crippen LogP contribution in [0.1, 0.15) is 19.3 Å². The maximum atomic E-state index is 5.83. The van der Waals surface area contributed by atoms with Gasteiger partial charge in [-0.3, -0.25) is 0 Å². The lowest BCUT2D eigenvalue weighted by atomic mass is 10.1. The van der Waals surface area contributed by atoms with Crippen LogP contribution in [0.5, 0.6) is 5.75 Å². The van der Waals surface area contributed by atoms with Gasteiger partial charge in [0.05, 0.1) is 12.3 Å². The van der Waals surface area contributed by atoms with Crippen molar-refractivity contribution in [2.75, 3.05) is 32.5 Å². The van der Waals surface area contributed by atoms with Crippen LogP contribution in [0.15, 0.2) is 41.4 Å². The molecule has 0 saturated carbocycles. The van der Waals surface area contributed by atoms with E-state index in [0.29, 0.717) is 0 Å². The van der Waals surface area contributed by atoms with E-state index in [0.717, 1.165) is 41.6 Å². The van der Waals surface area contributed by atoms with Gasteiger partial charge in [-0.25, -0.2) is 0 Å². The third-order valence-corrected chi connectivity index (χ3v) is 4.72. The van der Waals surface area contributed by atoms with Crippen molar-refractivity contribution >= 4 is 11.8 Å². The molecule has 0 atom stereocenters. The molecule has 1 fully saturated rings. The van der Waals surface area contributed by atoms with Gasteiger partial charge in [0, 0.05) is 12.1 Å². The number of aromatic nitrogens is 2. The standard InChI is InChI=1S/C18H23N3OS/c1-23-18-10-9-17(19-20-18)15-5-7-16(8-6-15)22-14-4-13-21-11-2-3-12-21/h5-10H,2-4,11-14H2,1H3. The van der Waals surface area contributed by atoms with Gasteiger partial charge in [0.25, 0.3) is 0 Å². The van der Waals surface area contributed by atoms with E-state index in [9.17, 15) is 0 Å². The van der Waals surface area contributed by atoms with E-state index in [1.54, 1.807) is 11.8 Å². The predicted octanol–water partition coefficient (Wildman–Crippen LogP) is 3.73. The Morgan fingerprint density at radius 3 is 2.48 bits per heavy atom. The van der Waals surface area contributed by atoms with Crippen LogP contribution in [0.3, 0.4) is 0 Å². The van der Waals surface area contributed by atoms with E-state index >= 15 is 0 Å². The highest BCUT2D eigenvalue weighted by atomic mass is 32.2. The van der Waals surface area contributed by atoms with E-state index in [4.69, 9.17) is 4.74 Å². The molecule has 0 bridgehead atoms. The second kappa shape index (κ2) is 8.31. The second-order valence-electron chi connectivity index (χ2n) is 5.74. The van der Waals surface area contributed by atoms with Crippen LogP contribution in [0.4, 0.5) is 0 Å². The normalized spacial score (nSPS) is 15.0. The topological polar surface area (TPSA) is 38.2 Å². The van der Waals surface area contributed by atoms with Crippen LogP contribution in [-0.2, 0) is 0 Å². The molecular formula is C18H23N3OS. The van der Waals surface area contributed by atoms with Crippen molar-refractivity contribution in [2.24, 2.45) is 0 Å². The number of likely N-dealkylation sites (tertiary alicyclic amines) is 1. The van der Waals surface area contributed by atoms with Gasteiger partial charge in [-0.15, -0.1) is 22.0 Å². The van der Waals surface area contributed by atoms with Crippen LogP contribution in [0, 0.1) is 0 Å². The van der Waals surface area contributed by atoms with Gasteiger partial charge in [0.1, 0.15) is 10.8 Å². The van der Waals surface area contributed by atoms with E-state index < -0.39 is 0 Å². The predicted molar refractivity (Wildman–Crippen MR) is 95.0 cm³/mol. The van der Waals surface area contributed by atoms with Crippen molar-refractivity contribution in [1.29, 1.82) is 0 Å². The first-order valence-electron chi connectivity index (χ1n) is 8.18. The molecule has 0 radical (unpaired) electrons. The molecule has 1 saturated heterocycles. The van der Waals surface area contributed by atoms with E-state index in [-0.39, 0.29) is 0 Å². The summed E-state index contributed by atoms with van der Waals surface area (Å²) in [4.78, 5) is 2.52. The maximum Gasteiger partial charge on any atom is 0.119 e. The molecule has 23 heavy (non-hydrogen) atoms. The number of nitrogens with zero attached hydrogens (tertiary/aromatic N) is 3. The van der Waals surface area contributed by atoms with Crippen molar-refractivity contribution in [1.82, 2.24) is 15.1 Å². The molecule has 2 heterocycles. The number of rotatable bonds is 7. The zero-order valence-electron chi connectivity index (χ0n) is 13.6. The smallest absolute Gasteiger partial charge is 0.119 e. The Morgan fingerprint density at radius 1 is 1.04 bits per heavy atom. The number of ether oxygens (including phenoxy) is 1. The summed E-state index contributed by atoms with van der Waals surface area (Å²) in [6, 6.07) is 12.1. The summed E-state index contributed by atoms with van der Waals surface area (Å²) in [7, 11) is 0. The summed E-state index contributed by atoms with van der Waals surface area (Å²) in [5, 5.41) is 9.36. The van der Waals surface area contributed by atoms with E-state index in [1.165, 1.54) is 25.9 Å². The van der Waals surface area contributed by atoms with Crippen molar-refractivity contribution < 1.29 is 4.74 Å². The first-order valence-corrected chi connectivity index (χ1v) is 9.41. The molecule has 0 aliphatic carbocycles. The zero-order chi connectivity index (χ0) is 15.9. The highest BCUT2D eigenvalue weighted by Gasteiger charge is 2.10. The highest BCUT2D eigenvalue weighted by molar-refractivity contribution is 7.98. The fourth-order valence-corrected chi connectivity index (χ4v) is 3.12. The highest BCUT2D eigenvalue weighted by Crippen LogP contribution is 2.21. The number of hydrogen-bond acceptors (Lipinski definition) is 5. The Hall–Kier alpha value is -1.59. The molecule has 1 aliphatic heterocycles. The Bertz CT molecular complexity index is 595. The number of hydrogen-bond donors (Lipinski definition) is 0. The Morgan fingerprint density at radius 2 is 1.83 bits per heavy atom. The second-order valence-corrected chi connectivity index (χ2v) is 6.56. The summed E-state index contributed by atoms with van der Waals surface area (Å²) < 4.78 is 5.83. The fraction of sp³-hybridized carbons (Fsp3) is 0.444. The lowest BCUT2D eigenvalue weighted by Crippen LogP contribution is -2.21. The van der Waals surface area contributed by atoms with Gasteiger partial charge >= 0.3 is 0 Å². The molecule has 3 rings (SSSR count). The van der Waals surface area contributed by atoms with Gasteiger partial charge in [-0.2, -0.15) is 0 Å². The Labute approximate surface area is 142 Å².